The van der Waals surface area contributed by atoms with Crippen molar-refractivity contribution in [2.24, 2.45) is 0 Å². The maximum Gasteiger partial charge on any atom is 0.124 e. The number of anilines is 1. The molecule has 2 heteroatoms. The summed E-state index contributed by atoms with van der Waals surface area (Å²) in [5, 5.41) is 3.53. The van der Waals surface area contributed by atoms with Gasteiger partial charge in [-0.15, -0.1) is 0 Å². The van der Waals surface area contributed by atoms with E-state index < -0.39 is 0 Å². The Morgan fingerprint density at radius 2 is 1.60 bits per heavy atom. The van der Waals surface area contributed by atoms with Gasteiger partial charge in [0.1, 0.15) is 5.75 Å². The summed E-state index contributed by atoms with van der Waals surface area (Å²) >= 11 is 0. The Bertz CT molecular complexity index is 555. The van der Waals surface area contributed by atoms with Crippen LogP contribution in [0.15, 0.2) is 42.5 Å². The zero-order valence-corrected chi connectivity index (χ0v) is 12.7. The highest BCUT2D eigenvalue weighted by molar-refractivity contribution is 5.57. The van der Waals surface area contributed by atoms with Gasteiger partial charge in [0.2, 0.25) is 0 Å². The third-order valence-electron chi connectivity index (χ3n) is 3.27. The van der Waals surface area contributed by atoms with Crippen molar-refractivity contribution >= 4 is 5.69 Å². The number of benzene rings is 2. The number of rotatable bonds is 5. The van der Waals surface area contributed by atoms with Crippen LogP contribution in [0.25, 0.3) is 0 Å². The van der Waals surface area contributed by atoms with E-state index in [0.29, 0.717) is 0 Å². The van der Waals surface area contributed by atoms with Crippen LogP contribution in [0.5, 0.6) is 5.75 Å². The number of nitrogens with one attached hydrogen (secondary N) is 1. The lowest BCUT2D eigenvalue weighted by atomic mass is 10.1. The second kappa shape index (κ2) is 6.47. The summed E-state index contributed by atoms with van der Waals surface area (Å²) in [6.07, 6.45) is 0.191. The zero-order valence-electron chi connectivity index (χ0n) is 12.7. The second-order valence-electron chi connectivity index (χ2n) is 5.39. The van der Waals surface area contributed by atoms with Crippen LogP contribution >= 0.6 is 0 Å². The molecule has 0 fully saturated rings. The molecule has 0 aliphatic carbocycles. The summed E-state index contributed by atoms with van der Waals surface area (Å²) in [4.78, 5) is 0. The minimum absolute atomic E-state index is 0.191. The minimum atomic E-state index is 0.191. The van der Waals surface area contributed by atoms with Crippen LogP contribution in [-0.2, 0) is 6.54 Å². The van der Waals surface area contributed by atoms with Gasteiger partial charge in [-0.2, -0.15) is 0 Å². The molecule has 0 aliphatic heterocycles. The highest BCUT2D eigenvalue weighted by Gasteiger charge is 2.06. The van der Waals surface area contributed by atoms with Crippen molar-refractivity contribution in [2.45, 2.75) is 40.3 Å². The Balaban J connectivity index is 2.15. The molecule has 0 spiro atoms. The fraction of sp³-hybridized carbons (Fsp3) is 0.333. The van der Waals surface area contributed by atoms with Gasteiger partial charge in [0.05, 0.1) is 6.10 Å². The molecule has 0 saturated heterocycles. The molecule has 20 heavy (non-hydrogen) atoms. The molecule has 0 saturated carbocycles. The number of aryl methyl sites for hydroxylation is 2. The van der Waals surface area contributed by atoms with Gasteiger partial charge in [0.25, 0.3) is 0 Å². The van der Waals surface area contributed by atoms with Crippen LogP contribution in [-0.4, -0.2) is 6.10 Å². The lowest BCUT2D eigenvalue weighted by Crippen LogP contribution is -2.09. The molecule has 0 amide bonds. The average Bonchev–Trinajstić information content (AvgIpc) is 2.39. The van der Waals surface area contributed by atoms with Crippen molar-refractivity contribution in [3.63, 3.8) is 0 Å². The van der Waals surface area contributed by atoms with E-state index in [-0.39, 0.29) is 6.10 Å². The molecule has 106 valence electrons. The van der Waals surface area contributed by atoms with Crippen LogP contribution in [0.1, 0.15) is 30.5 Å². The molecule has 0 aromatic heterocycles. The van der Waals surface area contributed by atoms with Crippen LogP contribution in [0.2, 0.25) is 0 Å². The van der Waals surface area contributed by atoms with Gasteiger partial charge in [-0.25, -0.2) is 0 Å². The predicted octanol–water partition coefficient (Wildman–Crippen LogP) is 4.70. The standard InChI is InChI=1S/C18H23NO/c1-13(2)20-17-11-6-5-10-16(17)12-19-18-14(3)8-7-9-15(18)4/h5-11,13,19H,12H2,1-4H3. The quantitative estimate of drug-likeness (QED) is 0.849. The first-order valence-corrected chi connectivity index (χ1v) is 7.12. The molecular formula is C18H23NO. The smallest absolute Gasteiger partial charge is 0.124 e. The molecule has 0 radical (unpaired) electrons. The normalized spacial score (nSPS) is 10.7. The lowest BCUT2D eigenvalue weighted by Gasteiger charge is -2.17. The third-order valence-corrected chi connectivity index (χ3v) is 3.27. The van der Waals surface area contributed by atoms with Gasteiger partial charge in [-0.1, -0.05) is 36.4 Å². The fourth-order valence-corrected chi connectivity index (χ4v) is 2.30. The first-order chi connectivity index (χ1) is 9.58. The average molecular weight is 269 g/mol. The van der Waals surface area contributed by atoms with E-state index in [1.165, 1.54) is 22.4 Å². The van der Waals surface area contributed by atoms with Crippen LogP contribution in [0, 0.1) is 13.8 Å². The van der Waals surface area contributed by atoms with E-state index in [1.807, 2.05) is 12.1 Å². The predicted molar refractivity (Wildman–Crippen MR) is 85.4 cm³/mol. The number of hydrogen-bond donors (Lipinski definition) is 1. The third kappa shape index (κ3) is 3.53. The topological polar surface area (TPSA) is 21.3 Å². The second-order valence-corrected chi connectivity index (χ2v) is 5.39. The van der Waals surface area contributed by atoms with Crippen LogP contribution < -0.4 is 10.1 Å². The molecule has 2 aromatic rings. The maximum atomic E-state index is 5.85. The molecule has 0 bridgehead atoms. The first-order valence-electron chi connectivity index (χ1n) is 7.12. The number of hydrogen-bond acceptors (Lipinski definition) is 2. The highest BCUT2D eigenvalue weighted by atomic mass is 16.5. The molecule has 2 aromatic carbocycles. The summed E-state index contributed by atoms with van der Waals surface area (Å²) in [6, 6.07) is 14.6. The summed E-state index contributed by atoms with van der Waals surface area (Å²) < 4.78 is 5.85. The highest BCUT2D eigenvalue weighted by Crippen LogP contribution is 2.24. The van der Waals surface area contributed by atoms with Crippen molar-refractivity contribution < 1.29 is 4.74 Å². The van der Waals surface area contributed by atoms with Crippen molar-refractivity contribution in [1.82, 2.24) is 0 Å². The Labute approximate surface area is 121 Å². The van der Waals surface area contributed by atoms with Gasteiger partial charge < -0.3 is 10.1 Å². The Morgan fingerprint density at radius 1 is 0.950 bits per heavy atom. The van der Waals surface area contributed by atoms with Gasteiger partial charge in [-0.3, -0.25) is 0 Å². The van der Waals surface area contributed by atoms with Crippen LogP contribution in [0.4, 0.5) is 5.69 Å². The summed E-state index contributed by atoms with van der Waals surface area (Å²) in [6.45, 7) is 9.14. The summed E-state index contributed by atoms with van der Waals surface area (Å²) in [5.74, 6) is 0.959. The fourth-order valence-electron chi connectivity index (χ4n) is 2.30. The Morgan fingerprint density at radius 3 is 2.25 bits per heavy atom. The van der Waals surface area contributed by atoms with Crippen molar-refractivity contribution in [2.75, 3.05) is 5.32 Å². The number of para-hydroxylation sites is 2. The summed E-state index contributed by atoms with van der Waals surface area (Å²) in [7, 11) is 0. The van der Waals surface area contributed by atoms with E-state index in [1.54, 1.807) is 0 Å². The van der Waals surface area contributed by atoms with Crippen molar-refractivity contribution in [1.29, 1.82) is 0 Å². The van der Waals surface area contributed by atoms with Gasteiger partial charge >= 0.3 is 0 Å². The van der Waals surface area contributed by atoms with E-state index >= 15 is 0 Å². The molecule has 1 N–H and O–H groups in total. The molecular weight excluding hydrogens is 246 g/mol. The molecule has 0 unspecified atom stereocenters. The molecule has 0 heterocycles. The molecule has 0 aliphatic rings. The molecule has 2 rings (SSSR count). The summed E-state index contributed by atoms with van der Waals surface area (Å²) in [5.41, 5.74) is 4.94. The zero-order chi connectivity index (χ0) is 14.5. The SMILES string of the molecule is Cc1cccc(C)c1NCc1ccccc1OC(C)C. The van der Waals surface area contributed by atoms with E-state index in [9.17, 15) is 0 Å². The monoisotopic (exact) mass is 269 g/mol. The lowest BCUT2D eigenvalue weighted by molar-refractivity contribution is 0.240. The molecule has 2 nitrogen and oxygen atoms in total. The Kier molecular flexibility index (Phi) is 4.67. The van der Waals surface area contributed by atoms with Gasteiger partial charge in [-0.05, 0) is 44.9 Å². The van der Waals surface area contributed by atoms with E-state index in [0.717, 1.165) is 12.3 Å². The maximum absolute atomic E-state index is 5.85. The van der Waals surface area contributed by atoms with Crippen molar-refractivity contribution in [3.05, 3.63) is 59.2 Å². The van der Waals surface area contributed by atoms with Crippen molar-refractivity contribution in [3.8, 4) is 5.75 Å². The first kappa shape index (κ1) is 14.4. The Hall–Kier alpha value is -1.96. The van der Waals surface area contributed by atoms with E-state index in [4.69, 9.17) is 4.74 Å². The van der Waals surface area contributed by atoms with Gasteiger partial charge in [0.15, 0.2) is 0 Å². The minimum Gasteiger partial charge on any atom is -0.491 e. The molecule has 0 atom stereocenters. The van der Waals surface area contributed by atoms with E-state index in [2.05, 4.69) is 63.3 Å². The number of ether oxygens (including phenoxy) is 1. The van der Waals surface area contributed by atoms with Gasteiger partial charge in [0, 0.05) is 17.8 Å². The van der Waals surface area contributed by atoms with Crippen LogP contribution in [0.3, 0.4) is 0 Å². The largest absolute Gasteiger partial charge is 0.491 e.